The number of nitrogens with zero attached hydrogens (tertiary/aromatic N) is 1. The molecule has 1 N–H and O–H groups in total. The maximum absolute atomic E-state index is 12.4. The number of hydrogen-bond donors (Lipinski definition) is 1. The Balaban J connectivity index is 2.10. The average Bonchev–Trinajstić information content (AvgIpc) is 2.99. The number of rotatable bonds is 8. The van der Waals surface area contributed by atoms with Crippen LogP contribution in [0.4, 0.5) is 0 Å². The van der Waals surface area contributed by atoms with Gasteiger partial charge in [-0.15, -0.1) is 0 Å². The number of ether oxygens (including phenoxy) is 1. The van der Waals surface area contributed by atoms with Gasteiger partial charge in [-0.3, -0.25) is 4.79 Å². The van der Waals surface area contributed by atoms with Gasteiger partial charge in [0, 0.05) is 18.7 Å². The largest absolute Gasteiger partial charge is 0.490 e. The summed E-state index contributed by atoms with van der Waals surface area (Å²) in [6.07, 6.45) is 1.65. The average molecular weight is 318 g/mol. The first-order valence-corrected chi connectivity index (χ1v) is 8.23. The minimum Gasteiger partial charge on any atom is -0.490 e. The fourth-order valence-corrected chi connectivity index (χ4v) is 2.49. The monoisotopic (exact) mass is 318 g/mol. The molecule has 0 aliphatic carbocycles. The molecule has 0 fully saturated rings. The maximum Gasteiger partial charge on any atom is 0.251 e. The second-order valence-corrected chi connectivity index (χ2v) is 5.76. The minimum atomic E-state index is -0.107. The molecule has 1 heterocycles. The van der Waals surface area contributed by atoms with E-state index in [4.69, 9.17) is 9.15 Å². The van der Waals surface area contributed by atoms with Gasteiger partial charge in [0.05, 0.1) is 17.8 Å². The van der Waals surface area contributed by atoms with E-state index in [2.05, 4.69) is 24.1 Å². The number of hydrogen-bond acceptors (Lipinski definition) is 4. The summed E-state index contributed by atoms with van der Waals surface area (Å²) < 4.78 is 11.2. The van der Waals surface area contributed by atoms with E-state index in [0.717, 1.165) is 25.0 Å². The number of amides is 1. The first kappa shape index (κ1) is 17.3. The van der Waals surface area contributed by atoms with E-state index >= 15 is 0 Å². The smallest absolute Gasteiger partial charge is 0.251 e. The number of carbonyl (C=O) groups is 1. The van der Waals surface area contributed by atoms with Crippen molar-refractivity contribution in [2.24, 2.45) is 0 Å². The molecule has 0 unspecified atom stereocenters. The number of benzene rings is 1. The number of fused-ring (bicyclic) bond motifs is 1. The highest BCUT2D eigenvalue weighted by Gasteiger charge is 2.14. The normalized spacial score (nSPS) is 11.4. The molecule has 0 atom stereocenters. The molecule has 5 heteroatoms. The number of carbonyl (C=O) groups excluding carboxylic acids is 1. The molecule has 1 aromatic carbocycles. The highest BCUT2D eigenvalue weighted by atomic mass is 16.5. The molecule has 0 aliphatic rings. The van der Waals surface area contributed by atoms with Crippen LogP contribution in [0.2, 0.25) is 0 Å². The number of furan rings is 1. The van der Waals surface area contributed by atoms with Crippen LogP contribution < -0.4 is 10.1 Å². The predicted octanol–water partition coefficient (Wildman–Crippen LogP) is 3.29. The van der Waals surface area contributed by atoms with Crippen molar-refractivity contribution in [1.82, 2.24) is 10.2 Å². The van der Waals surface area contributed by atoms with E-state index in [1.807, 2.05) is 19.9 Å². The van der Waals surface area contributed by atoms with Crippen molar-refractivity contribution in [3.8, 4) is 5.75 Å². The lowest BCUT2D eigenvalue weighted by molar-refractivity contribution is 0.0948. The lowest BCUT2D eigenvalue weighted by Gasteiger charge is -2.18. The van der Waals surface area contributed by atoms with Crippen LogP contribution in [-0.2, 0) is 0 Å². The van der Waals surface area contributed by atoms with Crippen molar-refractivity contribution in [3.05, 3.63) is 30.0 Å². The summed E-state index contributed by atoms with van der Waals surface area (Å²) in [5.41, 5.74) is 1.22. The van der Waals surface area contributed by atoms with Crippen molar-refractivity contribution in [2.45, 2.75) is 33.8 Å². The quantitative estimate of drug-likeness (QED) is 0.811. The third-order valence-corrected chi connectivity index (χ3v) is 3.77. The van der Waals surface area contributed by atoms with E-state index in [9.17, 15) is 4.79 Å². The van der Waals surface area contributed by atoms with Gasteiger partial charge in [-0.2, -0.15) is 0 Å². The van der Waals surface area contributed by atoms with Gasteiger partial charge in [0.25, 0.3) is 5.91 Å². The molecule has 0 saturated carbocycles. The van der Waals surface area contributed by atoms with Gasteiger partial charge in [0.2, 0.25) is 0 Å². The molecule has 2 aromatic rings. The zero-order valence-electron chi connectivity index (χ0n) is 14.4. The fourth-order valence-electron chi connectivity index (χ4n) is 2.49. The Morgan fingerprint density at radius 1 is 1.30 bits per heavy atom. The molecule has 1 amide bonds. The Kier molecular flexibility index (Phi) is 6.04. The van der Waals surface area contributed by atoms with Gasteiger partial charge in [-0.1, -0.05) is 13.8 Å². The lowest BCUT2D eigenvalue weighted by Crippen LogP contribution is -2.34. The van der Waals surface area contributed by atoms with Crippen molar-refractivity contribution >= 4 is 16.9 Å². The molecule has 2 rings (SSSR count). The van der Waals surface area contributed by atoms with Crippen LogP contribution in [0.15, 0.2) is 28.9 Å². The molecule has 0 bridgehead atoms. The third-order valence-electron chi connectivity index (χ3n) is 3.77. The lowest BCUT2D eigenvalue weighted by atomic mass is 10.1. The Hall–Kier alpha value is -2.01. The van der Waals surface area contributed by atoms with Crippen molar-refractivity contribution in [1.29, 1.82) is 0 Å². The summed E-state index contributed by atoms with van der Waals surface area (Å²) >= 11 is 0. The molecular formula is C18H26N2O3. The first-order valence-electron chi connectivity index (χ1n) is 8.23. The summed E-state index contributed by atoms with van der Waals surface area (Å²) in [5, 5.41) is 3.85. The third kappa shape index (κ3) is 4.48. The molecule has 0 saturated heterocycles. The predicted molar refractivity (Wildman–Crippen MR) is 92.1 cm³/mol. The molecule has 0 spiro atoms. The van der Waals surface area contributed by atoms with Crippen molar-refractivity contribution < 1.29 is 13.9 Å². The topological polar surface area (TPSA) is 54.7 Å². The van der Waals surface area contributed by atoms with E-state index in [-0.39, 0.29) is 12.0 Å². The number of likely N-dealkylation sites (N-methyl/N-ethyl adjacent to an activating group) is 1. The standard InChI is InChI=1S/C18H26N2O3/c1-5-20(6-2)9-8-19-18(21)14-11-16-15(7-10-22-16)17(12-14)23-13(3)4/h7,10-13H,5-6,8-9H2,1-4H3,(H,19,21). The number of nitrogens with one attached hydrogen (secondary N) is 1. The van der Waals surface area contributed by atoms with E-state index in [0.29, 0.717) is 23.4 Å². The molecular weight excluding hydrogens is 292 g/mol. The summed E-state index contributed by atoms with van der Waals surface area (Å²) in [6.45, 7) is 11.6. The van der Waals surface area contributed by atoms with Crippen LogP contribution in [0.1, 0.15) is 38.1 Å². The Bertz CT molecular complexity index is 645. The second-order valence-electron chi connectivity index (χ2n) is 5.76. The zero-order chi connectivity index (χ0) is 16.8. The Labute approximate surface area is 137 Å². The molecule has 126 valence electrons. The minimum absolute atomic E-state index is 0.0362. The second kappa shape index (κ2) is 8.02. The van der Waals surface area contributed by atoms with Gasteiger partial charge < -0.3 is 19.4 Å². The Morgan fingerprint density at radius 2 is 2.04 bits per heavy atom. The van der Waals surface area contributed by atoms with Crippen LogP contribution >= 0.6 is 0 Å². The van der Waals surface area contributed by atoms with Crippen LogP contribution in [0.25, 0.3) is 11.0 Å². The zero-order valence-corrected chi connectivity index (χ0v) is 14.4. The van der Waals surface area contributed by atoms with Gasteiger partial charge in [-0.25, -0.2) is 0 Å². The van der Waals surface area contributed by atoms with Gasteiger partial charge >= 0.3 is 0 Å². The molecule has 23 heavy (non-hydrogen) atoms. The van der Waals surface area contributed by atoms with Crippen LogP contribution in [0, 0.1) is 0 Å². The molecule has 0 aliphatic heterocycles. The van der Waals surface area contributed by atoms with Gasteiger partial charge in [0.15, 0.2) is 0 Å². The van der Waals surface area contributed by atoms with Crippen molar-refractivity contribution in [3.63, 3.8) is 0 Å². The van der Waals surface area contributed by atoms with Crippen LogP contribution in [0.5, 0.6) is 5.75 Å². The SMILES string of the molecule is CCN(CC)CCNC(=O)c1cc(OC(C)C)c2ccoc2c1. The van der Waals surface area contributed by atoms with E-state index < -0.39 is 0 Å². The maximum atomic E-state index is 12.4. The highest BCUT2D eigenvalue weighted by Crippen LogP contribution is 2.29. The summed E-state index contributed by atoms with van der Waals surface area (Å²) in [6, 6.07) is 5.40. The molecule has 1 aromatic heterocycles. The Morgan fingerprint density at radius 3 is 2.70 bits per heavy atom. The summed E-state index contributed by atoms with van der Waals surface area (Å²) in [7, 11) is 0. The van der Waals surface area contributed by atoms with E-state index in [1.54, 1.807) is 18.4 Å². The first-order chi connectivity index (χ1) is 11.0. The summed E-state index contributed by atoms with van der Waals surface area (Å²) in [5.74, 6) is 0.573. The van der Waals surface area contributed by atoms with Crippen LogP contribution in [0.3, 0.4) is 0 Å². The molecule has 5 nitrogen and oxygen atoms in total. The fraction of sp³-hybridized carbons (Fsp3) is 0.500. The molecule has 0 radical (unpaired) electrons. The van der Waals surface area contributed by atoms with E-state index in [1.165, 1.54) is 0 Å². The van der Waals surface area contributed by atoms with Gasteiger partial charge in [-0.05, 0) is 45.1 Å². The van der Waals surface area contributed by atoms with Crippen molar-refractivity contribution in [2.75, 3.05) is 26.2 Å². The van der Waals surface area contributed by atoms with Gasteiger partial charge in [0.1, 0.15) is 11.3 Å². The van der Waals surface area contributed by atoms with Crippen LogP contribution in [-0.4, -0.2) is 43.1 Å². The highest BCUT2D eigenvalue weighted by molar-refractivity contribution is 5.99. The summed E-state index contributed by atoms with van der Waals surface area (Å²) in [4.78, 5) is 14.6.